The van der Waals surface area contributed by atoms with Crippen molar-refractivity contribution in [2.75, 3.05) is 6.54 Å². The molecule has 2 heterocycles. The number of aromatic nitrogens is 1. The van der Waals surface area contributed by atoms with Gasteiger partial charge in [0.25, 0.3) is 5.91 Å². The molecule has 10 heteroatoms. The molecular weight excluding hydrogens is 475 g/mol. The van der Waals surface area contributed by atoms with Crippen LogP contribution in [0.4, 0.5) is 18.0 Å². The van der Waals surface area contributed by atoms with Crippen molar-refractivity contribution < 1.29 is 32.3 Å². The minimum Gasteiger partial charge on any atom is -0.435 e. The molecule has 0 radical (unpaired) electrons. The fourth-order valence-electron chi connectivity index (χ4n) is 4.59. The molecule has 0 spiro atoms. The Bertz CT molecular complexity index is 1320. The minimum atomic E-state index is -2.94. The number of nitrogens with zero attached hydrogens (tertiary/aromatic N) is 2. The zero-order chi connectivity index (χ0) is 26.2. The zero-order valence-electron chi connectivity index (χ0n) is 19.8. The molecule has 1 unspecified atom stereocenters. The van der Waals surface area contributed by atoms with Crippen molar-refractivity contribution in [3.63, 3.8) is 0 Å². The number of carbonyl (C=O) groups is 3. The highest BCUT2D eigenvalue weighted by molar-refractivity contribution is 6.11. The third-order valence-corrected chi connectivity index (χ3v) is 6.40. The average Bonchev–Trinajstić information content (AvgIpc) is 3.27. The normalized spacial score (nSPS) is 17.6. The molecule has 7 nitrogen and oxygen atoms in total. The van der Waals surface area contributed by atoms with Crippen LogP contribution in [0.25, 0.3) is 5.69 Å². The highest BCUT2D eigenvalue weighted by Crippen LogP contribution is 2.33. The number of amides is 3. The number of urea groups is 1. The second-order valence-electron chi connectivity index (χ2n) is 8.50. The Hall–Kier alpha value is -4.08. The number of Topliss-reactive ketones (excluding diaryl/α,β-unsaturated/α-hetero) is 1. The molecular formula is C26H24F3N3O4. The predicted octanol–water partition coefficient (Wildman–Crippen LogP) is 4.87. The van der Waals surface area contributed by atoms with Crippen LogP contribution in [-0.4, -0.2) is 40.3 Å². The Labute approximate surface area is 205 Å². The van der Waals surface area contributed by atoms with Crippen molar-refractivity contribution in [2.24, 2.45) is 0 Å². The van der Waals surface area contributed by atoms with Crippen LogP contribution in [0.1, 0.15) is 40.7 Å². The van der Waals surface area contributed by atoms with E-state index in [1.807, 2.05) is 0 Å². The summed E-state index contributed by atoms with van der Waals surface area (Å²) in [7, 11) is 0. The predicted molar refractivity (Wildman–Crippen MR) is 125 cm³/mol. The first kappa shape index (κ1) is 25.0. The minimum absolute atomic E-state index is 0.00614. The average molecular weight is 499 g/mol. The second-order valence-corrected chi connectivity index (χ2v) is 8.50. The van der Waals surface area contributed by atoms with Crippen LogP contribution >= 0.6 is 0 Å². The molecule has 1 atom stereocenters. The molecule has 0 saturated carbocycles. The first-order valence-corrected chi connectivity index (χ1v) is 11.2. The number of ketones is 1. The lowest BCUT2D eigenvalue weighted by Gasteiger charge is -2.25. The molecule has 3 amide bonds. The summed E-state index contributed by atoms with van der Waals surface area (Å²) in [5.41, 5.74) is 1.25. The Kier molecular flexibility index (Phi) is 6.62. The molecule has 188 valence electrons. The van der Waals surface area contributed by atoms with Gasteiger partial charge in [0.2, 0.25) is 0 Å². The van der Waals surface area contributed by atoms with Gasteiger partial charge in [0, 0.05) is 22.6 Å². The van der Waals surface area contributed by atoms with Gasteiger partial charge in [0.1, 0.15) is 17.1 Å². The van der Waals surface area contributed by atoms with Crippen LogP contribution in [-0.2, 0) is 10.3 Å². The van der Waals surface area contributed by atoms with Crippen LogP contribution in [0.3, 0.4) is 0 Å². The van der Waals surface area contributed by atoms with E-state index in [0.29, 0.717) is 28.2 Å². The van der Waals surface area contributed by atoms with Gasteiger partial charge < -0.3 is 14.6 Å². The summed E-state index contributed by atoms with van der Waals surface area (Å²) in [6.07, 6.45) is 0.216. The van der Waals surface area contributed by atoms with Crippen molar-refractivity contribution in [2.45, 2.75) is 39.3 Å². The van der Waals surface area contributed by atoms with Gasteiger partial charge in [-0.3, -0.25) is 14.5 Å². The zero-order valence-corrected chi connectivity index (χ0v) is 19.8. The van der Waals surface area contributed by atoms with E-state index >= 15 is 0 Å². The van der Waals surface area contributed by atoms with E-state index in [4.69, 9.17) is 0 Å². The number of aryl methyl sites for hydroxylation is 1. The third-order valence-electron chi connectivity index (χ3n) is 6.40. The Morgan fingerprint density at radius 3 is 2.28 bits per heavy atom. The van der Waals surface area contributed by atoms with E-state index in [9.17, 15) is 27.6 Å². The lowest BCUT2D eigenvalue weighted by atomic mass is 9.87. The van der Waals surface area contributed by atoms with Crippen LogP contribution < -0.4 is 10.1 Å². The molecule has 1 aliphatic heterocycles. The monoisotopic (exact) mass is 499 g/mol. The van der Waals surface area contributed by atoms with E-state index < -0.39 is 42.2 Å². The molecule has 1 aromatic heterocycles. The van der Waals surface area contributed by atoms with Crippen LogP contribution in [0.5, 0.6) is 5.75 Å². The number of hydrogen-bond acceptors (Lipinski definition) is 4. The number of benzene rings is 2. The van der Waals surface area contributed by atoms with Gasteiger partial charge in [-0.1, -0.05) is 19.1 Å². The third kappa shape index (κ3) is 4.34. The standard InChI is InChI=1S/C26H24F3N3O4/c1-4-26(17-5-7-18(27)8-6-17)23(34)31(25(35)30-26)14-22(33)21-13-15(2)32(16(21)3)19-9-11-20(12-10-19)36-24(28)29/h5-13,24H,4,14H2,1-3H3,(H,30,35). The smallest absolute Gasteiger partial charge is 0.387 e. The first-order valence-electron chi connectivity index (χ1n) is 11.2. The Balaban J connectivity index is 1.58. The lowest BCUT2D eigenvalue weighted by Crippen LogP contribution is -2.43. The summed E-state index contributed by atoms with van der Waals surface area (Å²) < 4.78 is 44.4. The number of rotatable bonds is 8. The summed E-state index contributed by atoms with van der Waals surface area (Å²) in [5.74, 6) is -1.49. The fourth-order valence-corrected chi connectivity index (χ4v) is 4.59. The molecule has 0 bridgehead atoms. The van der Waals surface area contributed by atoms with E-state index in [-0.39, 0.29) is 12.2 Å². The second kappa shape index (κ2) is 9.52. The van der Waals surface area contributed by atoms with E-state index in [1.54, 1.807) is 43.5 Å². The van der Waals surface area contributed by atoms with Crippen molar-refractivity contribution in [3.05, 3.63) is 82.9 Å². The number of carbonyl (C=O) groups excluding carboxylic acids is 3. The van der Waals surface area contributed by atoms with Gasteiger partial charge in [-0.2, -0.15) is 8.78 Å². The van der Waals surface area contributed by atoms with Crippen molar-refractivity contribution in [1.29, 1.82) is 0 Å². The largest absolute Gasteiger partial charge is 0.435 e. The highest BCUT2D eigenvalue weighted by Gasteiger charge is 2.51. The van der Waals surface area contributed by atoms with Gasteiger partial charge in [-0.15, -0.1) is 0 Å². The summed E-state index contributed by atoms with van der Waals surface area (Å²) in [6.45, 7) is 1.80. The van der Waals surface area contributed by atoms with Gasteiger partial charge >= 0.3 is 12.6 Å². The Morgan fingerprint density at radius 1 is 1.06 bits per heavy atom. The molecule has 1 N–H and O–H groups in total. The molecule has 1 aliphatic rings. The van der Waals surface area contributed by atoms with E-state index in [0.717, 1.165) is 4.90 Å². The maximum atomic E-state index is 13.4. The summed E-state index contributed by atoms with van der Waals surface area (Å²) in [6, 6.07) is 12.2. The van der Waals surface area contributed by atoms with Gasteiger partial charge in [0.15, 0.2) is 5.78 Å². The van der Waals surface area contributed by atoms with Crippen molar-refractivity contribution >= 4 is 17.7 Å². The van der Waals surface area contributed by atoms with Crippen LogP contribution in [0, 0.1) is 19.7 Å². The SMILES string of the molecule is CCC1(c2ccc(F)cc2)NC(=O)N(CC(=O)c2cc(C)n(-c3ccc(OC(F)F)cc3)c2C)C1=O. The van der Waals surface area contributed by atoms with Gasteiger partial charge in [-0.05, 0) is 68.3 Å². The topological polar surface area (TPSA) is 80.6 Å². The lowest BCUT2D eigenvalue weighted by molar-refractivity contribution is -0.131. The molecule has 2 aromatic carbocycles. The van der Waals surface area contributed by atoms with Gasteiger partial charge in [0.05, 0.1) is 6.54 Å². The van der Waals surface area contributed by atoms with Crippen molar-refractivity contribution in [3.8, 4) is 11.4 Å². The maximum Gasteiger partial charge on any atom is 0.387 e. The van der Waals surface area contributed by atoms with E-state index in [1.165, 1.54) is 36.4 Å². The summed E-state index contributed by atoms with van der Waals surface area (Å²) >= 11 is 0. The first-order chi connectivity index (χ1) is 17.1. The summed E-state index contributed by atoms with van der Waals surface area (Å²) in [5, 5.41) is 2.68. The number of ether oxygens (including phenoxy) is 1. The quantitative estimate of drug-likeness (QED) is 0.354. The summed E-state index contributed by atoms with van der Waals surface area (Å²) in [4.78, 5) is 40.2. The van der Waals surface area contributed by atoms with Crippen LogP contribution in [0.15, 0.2) is 54.6 Å². The van der Waals surface area contributed by atoms with Crippen LogP contribution in [0.2, 0.25) is 0 Å². The molecule has 1 saturated heterocycles. The molecule has 36 heavy (non-hydrogen) atoms. The molecule has 3 aromatic rings. The molecule has 1 fully saturated rings. The van der Waals surface area contributed by atoms with Crippen molar-refractivity contribution in [1.82, 2.24) is 14.8 Å². The van der Waals surface area contributed by atoms with Gasteiger partial charge in [-0.25, -0.2) is 9.18 Å². The maximum absolute atomic E-state index is 13.4. The number of alkyl halides is 2. The molecule has 4 rings (SSSR count). The van der Waals surface area contributed by atoms with E-state index in [2.05, 4.69) is 10.1 Å². The molecule has 0 aliphatic carbocycles. The number of halogens is 3. The number of hydrogen-bond donors (Lipinski definition) is 1. The highest BCUT2D eigenvalue weighted by atomic mass is 19.3. The fraction of sp³-hybridized carbons (Fsp3) is 0.269. The Morgan fingerprint density at radius 2 is 1.69 bits per heavy atom. The number of imide groups is 1. The number of nitrogens with one attached hydrogen (secondary N) is 1.